The van der Waals surface area contributed by atoms with Crippen LogP contribution in [0.3, 0.4) is 0 Å². The van der Waals surface area contributed by atoms with E-state index in [0.717, 1.165) is 50.6 Å². The van der Waals surface area contributed by atoms with Crippen molar-refractivity contribution in [1.29, 1.82) is 0 Å². The lowest BCUT2D eigenvalue weighted by Crippen LogP contribution is -2.56. The summed E-state index contributed by atoms with van der Waals surface area (Å²) in [4.78, 5) is 21.0. The Morgan fingerprint density at radius 3 is 2.52 bits per heavy atom. The van der Waals surface area contributed by atoms with Gasteiger partial charge in [-0.15, -0.1) is 12.4 Å². The molecular formula is C18H24ClN5O3. The number of amides is 1. The van der Waals surface area contributed by atoms with Crippen LogP contribution in [0.25, 0.3) is 11.4 Å². The zero-order valence-electron chi connectivity index (χ0n) is 15.3. The summed E-state index contributed by atoms with van der Waals surface area (Å²) in [5, 5.41) is 7.22. The third-order valence-electron chi connectivity index (χ3n) is 4.99. The van der Waals surface area contributed by atoms with Crippen molar-refractivity contribution in [2.75, 3.05) is 46.4 Å². The fraction of sp³-hybridized carbons (Fsp3) is 0.500. The second-order valence-electron chi connectivity index (χ2n) is 6.70. The number of carbonyl (C=O) groups excluding carboxylic acids is 1. The average molecular weight is 394 g/mol. The lowest BCUT2D eigenvalue weighted by atomic mass is 10.0. The van der Waals surface area contributed by atoms with Gasteiger partial charge in [-0.2, -0.15) is 4.98 Å². The molecular weight excluding hydrogens is 370 g/mol. The van der Waals surface area contributed by atoms with Crippen molar-refractivity contribution in [3.8, 4) is 17.1 Å². The minimum Gasteiger partial charge on any atom is -0.497 e. The molecule has 2 aliphatic rings. The molecule has 146 valence electrons. The molecule has 0 aliphatic carbocycles. The zero-order chi connectivity index (χ0) is 17.9. The summed E-state index contributed by atoms with van der Waals surface area (Å²) in [6.07, 6.45) is 0. The van der Waals surface area contributed by atoms with Crippen molar-refractivity contribution in [3.05, 3.63) is 30.2 Å². The second kappa shape index (κ2) is 8.69. The van der Waals surface area contributed by atoms with E-state index in [9.17, 15) is 4.79 Å². The van der Waals surface area contributed by atoms with E-state index in [1.807, 2.05) is 29.2 Å². The molecule has 1 N–H and O–H groups in total. The van der Waals surface area contributed by atoms with E-state index in [1.165, 1.54) is 0 Å². The zero-order valence-corrected chi connectivity index (χ0v) is 16.1. The van der Waals surface area contributed by atoms with Crippen LogP contribution in [0.2, 0.25) is 0 Å². The first-order valence-electron chi connectivity index (χ1n) is 8.92. The largest absolute Gasteiger partial charge is 0.497 e. The Morgan fingerprint density at radius 2 is 1.93 bits per heavy atom. The van der Waals surface area contributed by atoms with Crippen molar-refractivity contribution in [2.45, 2.75) is 6.54 Å². The lowest BCUT2D eigenvalue weighted by Gasteiger charge is -2.38. The number of nitrogens with zero attached hydrogens (tertiary/aromatic N) is 4. The van der Waals surface area contributed by atoms with Crippen LogP contribution in [0.5, 0.6) is 5.75 Å². The Labute approximate surface area is 164 Å². The minimum absolute atomic E-state index is 0. The number of aromatic nitrogens is 2. The summed E-state index contributed by atoms with van der Waals surface area (Å²) in [6.45, 7) is 5.41. The molecule has 8 nitrogen and oxygen atoms in total. The second-order valence-corrected chi connectivity index (χ2v) is 6.70. The van der Waals surface area contributed by atoms with Gasteiger partial charge in [0.25, 0.3) is 0 Å². The van der Waals surface area contributed by atoms with Crippen LogP contribution in [0.15, 0.2) is 28.8 Å². The Hall–Kier alpha value is -2.16. The van der Waals surface area contributed by atoms with Gasteiger partial charge in [0, 0.05) is 44.8 Å². The molecule has 3 heterocycles. The number of methoxy groups -OCH3 is 1. The maximum Gasteiger partial charge on any atom is 0.241 e. The van der Waals surface area contributed by atoms with Gasteiger partial charge in [0.2, 0.25) is 17.6 Å². The number of ether oxygens (including phenoxy) is 1. The molecule has 0 saturated carbocycles. The Morgan fingerprint density at radius 1 is 1.22 bits per heavy atom. The summed E-state index contributed by atoms with van der Waals surface area (Å²) >= 11 is 0. The van der Waals surface area contributed by atoms with Gasteiger partial charge in [-0.1, -0.05) is 5.16 Å². The summed E-state index contributed by atoms with van der Waals surface area (Å²) < 4.78 is 10.6. The molecule has 2 saturated heterocycles. The van der Waals surface area contributed by atoms with E-state index >= 15 is 0 Å². The summed E-state index contributed by atoms with van der Waals surface area (Å²) in [5.74, 6) is 2.42. The highest BCUT2D eigenvalue weighted by Gasteiger charge is 2.31. The molecule has 2 fully saturated rings. The van der Waals surface area contributed by atoms with Gasteiger partial charge < -0.3 is 19.5 Å². The maximum atomic E-state index is 12.3. The molecule has 0 unspecified atom stereocenters. The quantitative estimate of drug-likeness (QED) is 0.812. The van der Waals surface area contributed by atoms with E-state index in [-0.39, 0.29) is 24.2 Å². The fourth-order valence-electron chi connectivity index (χ4n) is 3.22. The van der Waals surface area contributed by atoms with Crippen LogP contribution in [0, 0.1) is 5.92 Å². The number of hydrogen-bond acceptors (Lipinski definition) is 7. The SMILES string of the molecule is COc1ccc(-c2noc(CN3CCN(C(=O)C4CNC4)CC3)n2)cc1.Cl. The van der Waals surface area contributed by atoms with Gasteiger partial charge in [0.05, 0.1) is 19.6 Å². The first kappa shape index (κ1) is 19.6. The molecule has 27 heavy (non-hydrogen) atoms. The Kier molecular flexibility index (Phi) is 6.30. The maximum absolute atomic E-state index is 12.3. The van der Waals surface area contributed by atoms with Gasteiger partial charge in [-0.3, -0.25) is 9.69 Å². The summed E-state index contributed by atoms with van der Waals surface area (Å²) in [5.41, 5.74) is 0.894. The standard InChI is InChI=1S/C18H23N5O3.ClH/c1-25-15-4-2-13(3-5-15)17-20-16(26-21-17)12-22-6-8-23(9-7-22)18(24)14-10-19-11-14;/h2-5,14,19H,6-12H2,1H3;1H. The number of hydrogen-bond donors (Lipinski definition) is 1. The Balaban J connectivity index is 0.00000210. The van der Waals surface area contributed by atoms with Gasteiger partial charge in [-0.25, -0.2) is 0 Å². The number of rotatable bonds is 5. The molecule has 2 aliphatic heterocycles. The third-order valence-corrected chi connectivity index (χ3v) is 4.99. The molecule has 9 heteroatoms. The fourth-order valence-corrected chi connectivity index (χ4v) is 3.22. The first-order chi connectivity index (χ1) is 12.7. The minimum atomic E-state index is 0. The lowest BCUT2D eigenvalue weighted by molar-refractivity contribution is -0.139. The number of carbonyl (C=O) groups is 1. The first-order valence-corrected chi connectivity index (χ1v) is 8.92. The van der Waals surface area contributed by atoms with Crippen LogP contribution in [0.4, 0.5) is 0 Å². The van der Waals surface area contributed by atoms with Crippen LogP contribution in [-0.4, -0.2) is 72.2 Å². The van der Waals surface area contributed by atoms with Crippen molar-refractivity contribution in [1.82, 2.24) is 25.3 Å². The topological polar surface area (TPSA) is 83.7 Å². The Bertz CT molecular complexity index is 755. The smallest absolute Gasteiger partial charge is 0.241 e. The number of nitrogens with one attached hydrogen (secondary N) is 1. The van der Waals surface area contributed by atoms with E-state index in [0.29, 0.717) is 18.3 Å². The molecule has 0 atom stereocenters. The van der Waals surface area contributed by atoms with E-state index < -0.39 is 0 Å². The predicted molar refractivity (Wildman–Crippen MR) is 102 cm³/mol. The van der Waals surface area contributed by atoms with Crippen LogP contribution in [0.1, 0.15) is 5.89 Å². The van der Waals surface area contributed by atoms with Crippen molar-refractivity contribution in [2.24, 2.45) is 5.92 Å². The van der Waals surface area contributed by atoms with Gasteiger partial charge in [0.1, 0.15) is 5.75 Å². The van der Waals surface area contributed by atoms with Crippen molar-refractivity contribution in [3.63, 3.8) is 0 Å². The molecule has 4 rings (SSSR count). The van der Waals surface area contributed by atoms with Gasteiger partial charge in [0.15, 0.2) is 0 Å². The van der Waals surface area contributed by atoms with E-state index in [2.05, 4.69) is 20.4 Å². The summed E-state index contributed by atoms with van der Waals surface area (Å²) in [7, 11) is 1.64. The molecule has 1 amide bonds. The van der Waals surface area contributed by atoms with Gasteiger partial charge in [-0.05, 0) is 24.3 Å². The number of piperazine rings is 1. The molecule has 0 bridgehead atoms. The van der Waals surface area contributed by atoms with Crippen molar-refractivity contribution >= 4 is 18.3 Å². The number of benzene rings is 1. The predicted octanol–water partition coefficient (Wildman–Crippen LogP) is 1.03. The molecule has 1 aromatic carbocycles. The van der Waals surface area contributed by atoms with Crippen LogP contribution in [-0.2, 0) is 11.3 Å². The van der Waals surface area contributed by atoms with Gasteiger partial charge >= 0.3 is 0 Å². The highest BCUT2D eigenvalue weighted by molar-refractivity contribution is 5.85. The van der Waals surface area contributed by atoms with E-state index in [1.54, 1.807) is 7.11 Å². The monoisotopic (exact) mass is 393 g/mol. The normalized spacial score (nSPS) is 17.9. The molecule has 1 aromatic heterocycles. The third kappa shape index (κ3) is 4.40. The highest BCUT2D eigenvalue weighted by Crippen LogP contribution is 2.20. The molecule has 0 spiro atoms. The highest BCUT2D eigenvalue weighted by atomic mass is 35.5. The van der Waals surface area contributed by atoms with Crippen LogP contribution < -0.4 is 10.1 Å². The van der Waals surface area contributed by atoms with Crippen molar-refractivity contribution < 1.29 is 14.1 Å². The summed E-state index contributed by atoms with van der Waals surface area (Å²) in [6, 6.07) is 7.57. The number of halogens is 1. The molecule has 0 radical (unpaired) electrons. The average Bonchev–Trinajstić information content (AvgIpc) is 3.09. The van der Waals surface area contributed by atoms with Crippen LogP contribution >= 0.6 is 12.4 Å². The molecule has 2 aromatic rings. The van der Waals surface area contributed by atoms with E-state index in [4.69, 9.17) is 9.26 Å².